The van der Waals surface area contributed by atoms with E-state index in [4.69, 9.17) is 0 Å². The summed E-state index contributed by atoms with van der Waals surface area (Å²) in [5, 5.41) is 8.03. The molecule has 1 amide bonds. The van der Waals surface area contributed by atoms with Gasteiger partial charge in [0.2, 0.25) is 11.9 Å². The van der Waals surface area contributed by atoms with E-state index in [1.807, 2.05) is 13.2 Å². The van der Waals surface area contributed by atoms with Crippen molar-refractivity contribution < 1.29 is 4.79 Å². The fourth-order valence-corrected chi connectivity index (χ4v) is 3.52. The van der Waals surface area contributed by atoms with Crippen molar-refractivity contribution in [2.45, 2.75) is 6.54 Å². The van der Waals surface area contributed by atoms with Crippen LogP contribution in [-0.4, -0.2) is 72.7 Å². The van der Waals surface area contributed by atoms with Crippen molar-refractivity contribution in [2.75, 3.05) is 38.0 Å². The van der Waals surface area contributed by atoms with E-state index < -0.39 is 0 Å². The molecule has 0 unspecified atom stereocenters. The Labute approximate surface area is 173 Å². The van der Waals surface area contributed by atoms with Crippen molar-refractivity contribution >= 4 is 28.6 Å². The molecule has 1 aliphatic heterocycles. The van der Waals surface area contributed by atoms with Crippen LogP contribution in [0.4, 0.5) is 11.6 Å². The fraction of sp³-hybridized carbons (Fsp3) is 0.350. The summed E-state index contributed by atoms with van der Waals surface area (Å²) in [7, 11) is 1.83. The molecule has 0 radical (unpaired) electrons. The minimum absolute atomic E-state index is 0.0368. The molecule has 0 bridgehead atoms. The lowest BCUT2D eigenvalue weighted by molar-refractivity contribution is -0.127. The van der Waals surface area contributed by atoms with E-state index in [0.717, 1.165) is 24.2 Å². The van der Waals surface area contributed by atoms with Crippen LogP contribution in [0.1, 0.15) is 0 Å². The van der Waals surface area contributed by atoms with Crippen molar-refractivity contribution in [2.24, 2.45) is 7.05 Å². The Morgan fingerprint density at radius 3 is 2.70 bits per heavy atom. The molecule has 1 N–H and O–H groups in total. The number of aryl methyl sites for hydroxylation is 1. The molecule has 4 rings (SSSR count). The number of piperazine rings is 1. The molecular formula is C20H24N8O2. The van der Waals surface area contributed by atoms with E-state index in [1.165, 1.54) is 6.08 Å². The van der Waals surface area contributed by atoms with Crippen LogP contribution in [0.3, 0.4) is 0 Å². The number of pyridine rings is 1. The highest BCUT2D eigenvalue weighted by Crippen LogP contribution is 2.15. The number of fused-ring (bicyclic) bond motifs is 1. The molecule has 1 aliphatic rings. The third-order valence-electron chi connectivity index (χ3n) is 5.18. The second-order valence-electron chi connectivity index (χ2n) is 7.19. The molecule has 10 heteroatoms. The molecule has 0 saturated carbocycles. The van der Waals surface area contributed by atoms with Crippen LogP contribution in [0.2, 0.25) is 0 Å². The number of aromatic nitrogens is 5. The van der Waals surface area contributed by atoms with Gasteiger partial charge in [0, 0.05) is 70.2 Å². The highest BCUT2D eigenvalue weighted by atomic mass is 16.2. The quantitative estimate of drug-likeness (QED) is 0.596. The Morgan fingerprint density at radius 2 is 2.00 bits per heavy atom. The van der Waals surface area contributed by atoms with Crippen molar-refractivity contribution in [3.05, 3.63) is 53.7 Å². The molecule has 4 heterocycles. The summed E-state index contributed by atoms with van der Waals surface area (Å²) < 4.78 is 3.36. The van der Waals surface area contributed by atoms with Crippen molar-refractivity contribution in [1.29, 1.82) is 0 Å². The first kappa shape index (κ1) is 19.8. The number of anilines is 2. The first-order chi connectivity index (χ1) is 14.5. The summed E-state index contributed by atoms with van der Waals surface area (Å²) in [6.07, 6.45) is 6.56. The van der Waals surface area contributed by atoms with Gasteiger partial charge >= 0.3 is 0 Å². The van der Waals surface area contributed by atoms with Gasteiger partial charge in [-0.15, -0.1) is 0 Å². The molecular weight excluding hydrogens is 384 g/mol. The molecule has 0 atom stereocenters. The zero-order chi connectivity index (χ0) is 21.1. The van der Waals surface area contributed by atoms with Crippen LogP contribution in [0.5, 0.6) is 0 Å². The molecule has 0 spiro atoms. The molecule has 0 aliphatic carbocycles. The van der Waals surface area contributed by atoms with E-state index in [0.29, 0.717) is 37.8 Å². The van der Waals surface area contributed by atoms with E-state index in [2.05, 4.69) is 31.9 Å². The summed E-state index contributed by atoms with van der Waals surface area (Å²) in [6.45, 7) is 7.61. The number of carbonyl (C=O) groups is 1. The number of rotatable bonds is 6. The standard InChI is InChI=1S/C20H24N8O2/c1-3-17(29)27-9-6-26(7-10-27)8-11-28-18(30)5-4-15-12-21-20(24-19(15)28)23-16-13-22-25(2)14-16/h3-5,12-14H,1,6-11H2,2H3,(H,21,23,24). The van der Waals surface area contributed by atoms with E-state index in [1.54, 1.807) is 38.7 Å². The van der Waals surface area contributed by atoms with E-state index in [-0.39, 0.29) is 11.5 Å². The van der Waals surface area contributed by atoms with Crippen LogP contribution < -0.4 is 10.9 Å². The zero-order valence-electron chi connectivity index (χ0n) is 16.9. The zero-order valence-corrected chi connectivity index (χ0v) is 16.9. The van der Waals surface area contributed by atoms with Gasteiger partial charge in [0.25, 0.3) is 5.56 Å². The van der Waals surface area contributed by atoms with Gasteiger partial charge in [-0.2, -0.15) is 10.1 Å². The molecule has 30 heavy (non-hydrogen) atoms. The second-order valence-corrected chi connectivity index (χ2v) is 7.19. The molecule has 156 valence electrons. The normalized spacial score (nSPS) is 14.8. The van der Waals surface area contributed by atoms with Gasteiger partial charge in [0.15, 0.2) is 0 Å². The largest absolute Gasteiger partial charge is 0.337 e. The number of hydrogen-bond acceptors (Lipinski definition) is 7. The smallest absolute Gasteiger partial charge is 0.252 e. The summed E-state index contributed by atoms with van der Waals surface area (Å²) in [4.78, 5) is 37.2. The Morgan fingerprint density at radius 1 is 1.20 bits per heavy atom. The third-order valence-corrected chi connectivity index (χ3v) is 5.18. The van der Waals surface area contributed by atoms with Gasteiger partial charge in [-0.1, -0.05) is 6.58 Å². The van der Waals surface area contributed by atoms with Crippen molar-refractivity contribution in [3.8, 4) is 0 Å². The number of nitrogens with zero attached hydrogens (tertiary/aromatic N) is 7. The van der Waals surface area contributed by atoms with Crippen LogP contribution in [0.15, 0.2) is 48.2 Å². The minimum Gasteiger partial charge on any atom is -0.337 e. The predicted octanol–water partition coefficient (Wildman–Crippen LogP) is 0.599. The summed E-state index contributed by atoms with van der Waals surface area (Å²) in [5.74, 6) is 0.372. The molecule has 0 aromatic carbocycles. The Bertz CT molecular complexity index is 1130. The fourth-order valence-electron chi connectivity index (χ4n) is 3.52. The average molecular weight is 408 g/mol. The topological polar surface area (TPSA) is 101 Å². The number of amides is 1. The lowest BCUT2D eigenvalue weighted by Gasteiger charge is -2.34. The maximum Gasteiger partial charge on any atom is 0.252 e. The van der Waals surface area contributed by atoms with Gasteiger partial charge in [-0.05, 0) is 12.1 Å². The van der Waals surface area contributed by atoms with Gasteiger partial charge in [0.05, 0.1) is 11.9 Å². The van der Waals surface area contributed by atoms with Crippen LogP contribution >= 0.6 is 0 Å². The highest BCUT2D eigenvalue weighted by molar-refractivity contribution is 5.87. The minimum atomic E-state index is -0.103. The maximum atomic E-state index is 12.5. The van der Waals surface area contributed by atoms with Crippen LogP contribution in [0.25, 0.3) is 11.0 Å². The van der Waals surface area contributed by atoms with Crippen LogP contribution in [-0.2, 0) is 18.4 Å². The molecule has 1 saturated heterocycles. The SMILES string of the molecule is C=CC(=O)N1CCN(CCn2c(=O)ccc3cnc(Nc4cnn(C)c4)nc32)CC1. The first-order valence-corrected chi connectivity index (χ1v) is 9.79. The third kappa shape index (κ3) is 4.23. The molecule has 10 nitrogen and oxygen atoms in total. The summed E-state index contributed by atoms with van der Waals surface area (Å²) in [5.41, 5.74) is 1.26. The van der Waals surface area contributed by atoms with Gasteiger partial charge < -0.3 is 10.2 Å². The Hall–Kier alpha value is -3.53. The number of nitrogens with one attached hydrogen (secondary N) is 1. The number of carbonyl (C=O) groups excluding carboxylic acids is 1. The highest BCUT2D eigenvalue weighted by Gasteiger charge is 2.19. The first-order valence-electron chi connectivity index (χ1n) is 9.79. The maximum absolute atomic E-state index is 12.5. The van der Waals surface area contributed by atoms with Gasteiger partial charge in [-0.3, -0.25) is 23.7 Å². The second kappa shape index (κ2) is 8.46. The van der Waals surface area contributed by atoms with Gasteiger partial charge in [0.1, 0.15) is 5.65 Å². The van der Waals surface area contributed by atoms with Crippen molar-refractivity contribution in [1.82, 2.24) is 34.1 Å². The lowest BCUT2D eigenvalue weighted by atomic mass is 10.3. The van der Waals surface area contributed by atoms with E-state index in [9.17, 15) is 9.59 Å². The molecule has 1 fully saturated rings. The number of hydrogen-bond donors (Lipinski definition) is 1. The lowest BCUT2D eigenvalue weighted by Crippen LogP contribution is -2.49. The van der Waals surface area contributed by atoms with Gasteiger partial charge in [-0.25, -0.2) is 4.98 Å². The van der Waals surface area contributed by atoms with Crippen LogP contribution in [0, 0.1) is 0 Å². The monoisotopic (exact) mass is 408 g/mol. The molecule has 3 aromatic rings. The Kier molecular flexibility index (Phi) is 5.57. The summed E-state index contributed by atoms with van der Waals surface area (Å²) in [6, 6.07) is 3.28. The average Bonchev–Trinajstić information content (AvgIpc) is 3.17. The predicted molar refractivity (Wildman–Crippen MR) is 114 cm³/mol. The summed E-state index contributed by atoms with van der Waals surface area (Å²) >= 11 is 0. The molecule has 3 aromatic heterocycles. The van der Waals surface area contributed by atoms with Crippen molar-refractivity contribution in [3.63, 3.8) is 0 Å². The Balaban J connectivity index is 1.49. The van der Waals surface area contributed by atoms with E-state index >= 15 is 0 Å².